The number of methoxy groups -OCH3 is 1. The van der Waals surface area contributed by atoms with Crippen LogP contribution < -0.4 is 4.74 Å². The average molecular weight is 254 g/mol. The first-order chi connectivity index (χ1) is 8.61. The van der Waals surface area contributed by atoms with Gasteiger partial charge in [-0.15, -0.1) is 0 Å². The molecule has 0 atom stereocenters. The number of carboxylic acids is 1. The molecule has 0 radical (unpaired) electrons. The normalized spacial score (nSPS) is 10.8. The summed E-state index contributed by atoms with van der Waals surface area (Å²) in [6.07, 6.45) is 2.96. The zero-order chi connectivity index (χ0) is 13.4. The number of hydrogen-bond donors (Lipinski definition) is 1. The van der Waals surface area contributed by atoms with Crippen molar-refractivity contribution in [3.63, 3.8) is 0 Å². The summed E-state index contributed by atoms with van der Waals surface area (Å²) >= 11 is 0. The van der Waals surface area contributed by atoms with Gasteiger partial charge in [0.15, 0.2) is 0 Å². The van der Waals surface area contributed by atoms with Gasteiger partial charge in [0.2, 0.25) is 0 Å². The molecule has 98 valence electrons. The minimum atomic E-state index is -1.08. The number of ether oxygens (including phenoxy) is 2. The van der Waals surface area contributed by atoms with E-state index >= 15 is 0 Å². The van der Waals surface area contributed by atoms with Crippen LogP contribution in [0.25, 0.3) is 6.08 Å². The van der Waals surface area contributed by atoms with Crippen molar-refractivity contribution in [1.82, 2.24) is 0 Å². The maximum absolute atomic E-state index is 13.2. The number of carboxylic acid groups (broad SMARTS) is 1. The summed E-state index contributed by atoms with van der Waals surface area (Å²) in [6, 6.07) is 4.07. The Balaban J connectivity index is 2.65. The lowest BCUT2D eigenvalue weighted by Gasteiger charge is -2.06. The number of aliphatic carboxylic acids is 1. The SMILES string of the molecule is COCCCOc1cc(F)cc(/C=C/C(=O)O)c1. The lowest BCUT2D eigenvalue weighted by molar-refractivity contribution is -0.131. The Kier molecular flexibility index (Phi) is 5.87. The summed E-state index contributed by atoms with van der Waals surface area (Å²) in [7, 11) is 1.59. The Morgan fingerprint density at radius 3 is 2.83 bits per heavy atom. The van der Waals surface area contributed by atoms with Gasteiger partial charge in [0.05, 0.1) is 6.61 Å². The Hall–Kier alpha value is -1.88. The second kappa shape index (κ2) is 7.45. The molecule has 0 aromatic heterocycles. The van der Waals surface area contributed by atoms with Gasteiger partial charge in [-0.3, -0.25) is 0 Å². The third-order valence-corrected chi connectivity index (χ3v) is 2.07. The smallest absolute Gasteiger partial charge is 0.328 e. The van der Waals surface area contributed by atoms with Crippen LogP contribution in [0.4, 0.5) is 4.39 Å². The fourth-order valence-corrected chi connectivity index (χ4v) is 1.32. The van der Waals surface area contributed by atoms with Crippen LogP contribution >= 0.6 is 0 Å². The van der Waals surface area contributed by atoms with Crippen LogP contribution in [-0.4, -0.2) is 31.4 Å². The average Bonchev–Trinajstić information content (AvgIpc) is 2.32. The van der Waals surface area contributed by atoms with E-state index in [1.165, 1.54) is 18.2 Å². The highest BCUT2D eigenvalue weighted by molar-refractivity contribution is 5.85. The first-order valence-electron chi connectivity index (χ1n) is 5.45. The number of carbonyl (C=O) groups is 1. The summed E-state index contributed by atoms with van der Waals surface area (Å²) < 4.78 is 23.4. The predicted octanol–water partition coefficient (Wildman–Crippen LogP) is 2.34. The molecule has 1 aromatic rings. The third-order valence-electron chi connectivity index (χ3n) is 2.07. The van der Waals surface area contributed by atoms with Gasteiger partial charge in [-0.25, -0.2) is 9.18 Å². The van der Waals surface area contributed by atoms with Crippen molar-refractivity contribution < 1.29 is 23.8 Å². The molecule has 18 heavy (non-hydrogen) atoms. The standard InChI is InChI=1S/C13H15FO4/c1-17-5-2-6-18-12-8-10(3-4-13(15)16)7-11(14)9-12/h3-4,7-9H,2,5-6H2,1H3,(H,15,16)/b4-3+. The molecule has 4 nitrogen and oxygen atoms in total. The lowest BCUT2D eigenvalue weighted by atomic mass is 10.2. The molecule has 0 aliphatic carbocycles. The molecule has 0 saturated heterocycles. The molecule has 0 bridgehead atoms. The Morgan fingerprint density at radius 1 is 1.39 bits per heavy atom. The zero-order valence-electron chi connectivity index (χ0n) is 10.1. The molecule has 1 aromatic carbocycles. The largest absolute Gasteiger partial charge is 0.493 e. The van der Waals surface area contributed by atoms with Gasteiger partial charge < -0.3 is 14.6 Å². The number of rotatable bonds is 7. The number of benzene rings is 1. The fraction of sp³-hybridized carbons (Fsp3) is 0.308. The van der Waals surface area contributed by atoms with Crippen molar-refractivity contribution in [2.24, 2.45) is 0 Å². The second-order valence-corrected chi connectivity index (χ2v) is 3.59. The fourth-order valence-electron chi connectivity index (χ4n) is 1.32. The quantitative estimate of drug-likeness (QED) is 0.599. The van der Waals surface area contributed by atoms with Gasteiger partial charge in [-0.05, 0) is 23.8 Å². The molecule has 5 heteroatoms. The Labute approximate surface area is 105 Å². The van der Waals surface area contributed by atoms with Gasteiger partial charge in [0.1, 0.15) is 11.6 Å². The van der Waals surface area contributed by atoms with E-state index in [4.69, 9.17) is 14.6 Å². The molecule has 0 heterocycles. The van der Waals surface area contributed by atoms with Crippen molar-refractivity contribution >= 4 is 12.0 Å². The van der Waals surface area contributed by atoms with Crippen LogP contribution in [0.15, 0.2) is 24.3 Å². The van der Waals surface area contributed by atoms with Crippen molar-refractivity contribution in [2.75, 3.05) is 20.3 Å². The van der Waals surface area contributed by atoms with Crippen molar-refractivity contribution in [3.8, 4) is 5.75 Å². The minimum Gasteiger partial charge on any atom is -0.493 e. The van der Waals surface area contributed by atoms with E-state index in [0.29, 0.717) is 30.9 Å². The highest BCUT2D eigenvalue weighted by Crippen LogP contribution is 2.17. The van der Waals surface area contributed by atoms with Gasteiger partial charge in [0.25, 0.3) is 0 Å². The summed E-state index contributed by atoms with van der Waals surface area (Å²) in [5.74, 6) is -1.18. The molecule has 1 N–H and O–H groups in total. The third kappa shape index (κ3) is 5.45. The molecule has 1 rings (SSSR count). The predicted molar refractivity (Wildman–Crippen MR) is 65.1 cm³/mol. The van der Waals surface area contributed by atoms with Crippen LogP contribution in [0.5, 0.6) is 5.75 Å². The van der Waals surface area contributed by atoms with Crippen LogP contribution in [0, 0.1) is 5.82 Å². The Bertz CT molecular complexity index is 429. The lowest BCUT2D eigenvalue weighted by Crippen LogP contribution is -2.01. The van der Waals surface area contributed by atoms with E-state index in [-0.39, 0.29) is 0 Å². The van der Waals surface area contributed by atoms with Gasteiger partial charge in [-0.1, -0.05) is 0 Å². The van der Waals surface area contributed by atoms with Crippen molar-refractivity contribution in [2.45, 2.75) is 6.42 Å². The summed E-state index contributed by atoms with van der Waals surface area (Å²) in [5, 5.41) is 8.49. The molecular weight excluding hydrogens is 239 g/mol. The van der Waals surface area contributed by atoms with Gasteiger partial charge in [-0.2, -0.15) is 0 Å². The van der Waals surface area contributed by atoms with E-state index in [0.717, 1.165) is 6.08 Å². The second-order valence-electron chi connectivity index (χ2n) is 3.59. The van der Waals surface area contributed by atoms with E-state index in [1.807, 2.05) is 0 Å². The van der Waals surface area contributed by atoms with Crippen LogP contribution in [0.1, 0.15) is 12.0 Å². The first kappa shape index (κ1) is 14.2. The van der Waals surface area contributed by atoms with E-state index < -0.39 is 11.8 Å². The first-order valence-corrected chi connectivity index (χ1v) is 5.45. The maximum Gasteiger partial charge on any atom is 0.328 e. The molecule has 0 amide bonds. The molecule has 0 saturated carbocycles. The number of hydrogen-bond acceptors (Lipinski definition) is 3. The van der Waals surface area contributed by atoms with E-state index in [2.05, 4.69) is 0 Å². The summed E-state index contributed by atoms with van der Waals surface area (Å²) in [5.41, 5.74) is 0.444. The zero-order valence-corrected chi connectivity index (χ0v) is 10.1. The van der Waals surface area contributed by atoms with Gasteiger partial charge in [0, 0.05) is 32.3 Å². The highest BCUT2D eigenvalue weighted by atomic mass is 19.1. The molecule has 0 fully saturated rings. The summed E-state index contributed by atoms with van der Waals surface area (Å²) in [4.78, 5) is 10.4. The monoisotopic (exact) mass is 254 g/mol. The molecule has 0 aliphatic heterocycles. The van der Waals surface area contributed by atoms with E-state index in [1.54, 1.807) is 13.2 Å². The van der Waals surface area contributed by atoms with Crippen molar-refractivity contribution in [3.05, 3.63) is 35.7 Å². The van der Waals surface area contributed by atoms with Crippen LogP contribution in [0.2, 0.25) is 0 Å². The summed E-state index contributed by atoms with van der Waals surface area (Å²) in [6.45, 7) is 0.987. The molecular formula is C13H15FO4. The highest BCUT2D eigenvalue weighted by Gasteiger charge is 2.00. The topological polar surface area (TPSA) is 55.8 Å². The van der Waals surface area contributed by atoms with E-state index in [9.17, 15) is 9.18 Å². The van der Waals surface area contributed by atoms with Crippen LogP contribution in [0.3, 0.4) is 0 Å². The minimum absolute atomic E-state index is 0.371. The molecule has 0 unspecified atom stereocenters. The maximum atomic E-state index is 13.2. The van der Waals surface area contributed by atoms with Crippen LogP contribution in [-0.2, 0) is 9.53 Å². The van der Waals surface area contributed by atoms with Crippen molar-refractivity contribution in [1.29, 1.82) is 0 Å². The number of halogens is 1. The van der Waals surface area contributed by atoms with Gasteiger partial charge >= 0.3 is 5.97 Å². The Morgan fingerprint density at radius 2 is 2.17 bits per heavy atom. The molecule has 0 spiro atoms. The molecule has 0 aliphatic rings.